The summed E-state index contributed by atoms with van der Waals surface area (Å²) in [5, 5.41) is 1.40. The fraction of sp³-hybridized carbons (Fsp3) is 0.385. The van der Waals surface area contributed by atoms with Crippen molar-refractivity contribution < 1.29 is 0 Å². The molecule has 0 fully saturated rings. The minimum absolute atomic E-state index is 0.229. The van der Waals surface area contributed by atoms with Crippen LogP contribution >= 0.6 is 0 Å². The second-order valence-electron chi connectivity index (χ2n) is 4.37. The maximum absolute atomic E-state index is 6.23. The van der Waals surface area contributed by atoms with Gasteiger partial charge in [0.25, 0.3) is 0 Å². The van der Waals surface area contributed by atoms with E-state index in [2.05, 4.69) is 30.2 Å². The Morgan fingerprint density at radius 2 is 2.33 bits per heavy atom. The number of aromatic amines is 1. The molecule has 1 aliphatic rings. The van der Waals surface area contributed by atoms with Gasteiger partial charge in [-0.15, -0.1) is 0 Å². The lowest BCUT2D eigenvalue weighted by molar-refractivity contribution is 0.637. The van der Waals surface area contributed by atoms with Crippen LogP contribution in [0.4, 0.5) is 0 Å². The Balaban J connectivity index is 2.41. The molecule has 1 heterocycles. The lowest BCUT2D eigenvalue weighted by Gasteiger charge is -2.22. The molecule has 3 rings (SSSR count). The van der Waals surface area contributed by atoms with E-state index in [1.54, 1.807) is 0 Å². The highest BCUT2D eigenvalue weighted by Gasteiger charge is 2.22. The highest BCUT2D eigenvalue weighted by atomic mass is 14.7. The second-order valence-corrected chi connectivity index (χ2v) is 4.37. The van der Waals surface area contributed by atoms with Gasteiger partial charge in [0.1, 0.15) is 0 Å². The summed E-state index contributed by atoms with van der Waals surface area (Å²) in [6.45, 7) is 2.20. The largest absolute Gasteiger partial charge is 0.361 e. The van der Waals surface area contributed by atoms with E-state index < -0.39 is 0 Å². The molecule has 1 unspecified atom stereocenters. The van der Waals surface area contributed by atoms with E-state index in [9.17, 15) is 0 Å². The molecule has 78 valence electrons. The molecule has 0 spiro atoms. The van der Waals surface area contributed by atoms with Crippen LogP contribution in [0, 0.1) is 0 Å². The highest BCUT2D eigenvalue weighted by molar-refractivity contribution is 5.89. The van der Waals surface area contributed by atoms with Crippen molar-refractivity contribution in [1.82, 2.24) is 4.98 Å². The Labute approximate surface area is 89.5 Å². The van der Waals surface area contributed by atoms with Gasteiger partial charge >= 0.3 is 0 Å². The summed E-state index contributed by atoms with van der Waals surface area (Å²) in [5.41, 5.74) is 11.7. The summed E-state index contributed by atoms with van der Waals surface area (Å²) < 4.78 is 0. The third-order valence-electron chi connectivity index (χ3n) is 3.54. The van der Waals surface area contributed by atoms with Crippen molar-refractivity contribution in [3.8, 4) is 0 Å². The van der Waals surface area contributed by atoms with Gasteiger partial charge in [-0.1, -0.05) is 13.0 Å². The molecule has 0 aliphatic heterocycles. The smallest absolute Gasteiger partial charge is 0.0460 e. The predicted octanol–water partition coefficient (Wildman–Crippen LogP) is 2.68. The molecule has 2 aromatic rings. The van der Waals surface area contributed by atoms with E-state index in [-0.39, 0.29) is 6.04 Å². The van der Waals surface area contributed by atoms with E-state index in [0.717, 1.165) is 19.3 Å². The van der Waals surface area contributed by atoms with Gasteiger partial charge in [-0.25, -0.2) is 0 Å². The van der Waals surface area contributed by atoms with Gasteiger partial charge < -0.3 is 10.7 Å². The molecule has 0 saturated heterocycles. The summed E-state index contributed by atoms with van der Waals surface area (Å²) in [4.78, 5) is 3.34. The molecule has 2 nitrogen and oxygen atoms in total. The van der Waals surface area contributed by atoms with E-state index >= 15 is 0 Å². The maximum Gasteiger partial charge on any atom is 0.0460 e. The molecule has 1 aromatic heterocycles. The fourth-order valence-electron chi connectivity index (χ4n) is 2.75. The van der Waals surface area contributed by atoms with E-state index in [0.29, 0.717) is 0 Å². The number of hydrogen-bond acceptors (Lipinski definition) is 1. The molecule has 2 heteroatoms. The van der Waals surface area contributed by atoms with Crippen LogP contribution in [0.25, 0.3) is 10.9 Å². The van der Waals surface area contributed by atoms with Crippen LogP contribution in [0.5, 0.6) is 0 Å². The molecule has 0 amide bonds. The zero-order valence-electron chi connectivity index (χ0n) is 9.01. The standard InChI is InChI=1S/C13H16N2/c1-2-8-4-6-11-13-9(7-15-11)3-5-10(14)12(8)13/h4,6-7,10,15H,2-3,5,14H2,1H3. The van der Waals surface area contributed by atoms with Crippen LogP contribution in [0.2, 0.25) is 0 Å². The first-order valence-corrected chi connectivity index (χ1v) is 5.68. The number of benzene rings is 1. The number of rotatable bonds is 1. The molecule has 1 atom stereocenters. The Hall–Kier alpha value is -1.28. The normalized spacial score (nSPS) is 19.7. The third kappa shape index (κ3) is 1.15. The predicted molar refractivity (Wildman–Crippen MR) is 62.9 cm³/mol. The number of aryl methyl sites for hydroxylation is 2. The summed E-state index contributed by atoms with van der Waals surface area (Å²) in [6, 6.07) is 4.62. The number of nitrogens with one attached hydrogen (secondary N) is 1. The van der Waals surface area contributed by atoms with Crippen LogP contribution in [-0.4, -0.2) is 4.98 Å². The lowest BCUT2D eigenvalue weighted by atomic mass is 9.85. The monoisotopic (exact) mass is 200 g/mol. The molecule has 0 bridgehead atoms. The first-order valence-electron chi connectivity index (χ1n) is 5.68. The van der Waals surface area contributed by atoms with Crippen LogP contribution in [0.1, 0.15) is 36.1 Å². The number of aromatic nitrogens is 1. The van der Waals surface area contributed by atoms with Gasteiger partial charge in [-0.05, 0) is 42.0 Å². The SMILES string of the molecule is CCc1ccc2[nH]cc3c2c1C(N)CC3. The minimum atomic E-state index is 0.229. The first kappa shape index (κ1) is 8.98. The average Bonchev–Trinajstić information content (AvgIpc) is 2.68. The summed E-state index contributed by atoms with van der Waals surface area (Å²) >= 11 is 0. The first-order chi connectivity index (χ1) is 7.31. The van der Waals surface area contributed by atoms with Gasteiger partial charge in [-0.2, -0.15) is 0 Å². The van der Waals surface area contributed by atoms with Crippen molar-refractivity contribution >= 4 is 10.9 Å². The molecule has 0 saturated carbocycles. The molecular weight excluding hydrogens is 184 g/mol. The van der Waals surface area contributed by atoms with Gasteiger partial charge in [-0.3, -0.25) is 0 Å². The van der Waals surface area contributed by atoms with Crippen molar-refractivity contribution in [2.45, 2.75) is 32.2 Å². The maximum atomic E-state index is 6.23. The lowest BCUT2D eigenvalue weighted by Crippen LogP contribution is -2.17. The Morgan fingerprint density at radius 3 is 3.13 bits per heavy atom. The van der Waals surface area contributed by atoms with E-state index in [1.807, 2.05) is 0 Å². The molecule has 15 heavy (non-hydrogen) atoms. The van der Waals surface area contributed by atoms with Crippen LogP contribution in [0.15, 0.2) is 18.3 Å². The van der Waals surface area contributed by atoms with Gasteiger partial charge in [0.2, 0.25) is 0 Å². The molecule has 1 aliphatic carbocycles. The van der Waals surface area contributed by atoms with Crippen LogP contribution in [-0.2, 0) is 12.8 Å². The zero-order chi connectivity index (χ0) is 10.4. The number of H-pyrrole nitrogens is 1. The highest BCUT2D eigenvalue weighted by Crippen LogP contribution is 2.36. The number of nitrogens with two attached hydrogens (primary N) is 1. The summed E-state index contributed by atoms with van der Waals surface area (Å²) in [7, 11) is 0. The van der Waals surface area contributed by atoms with Gasteiger partial charge in [0.15, 0.2) is 0 Å². The van der Waals surface area contributed by atoms with E-state index in [4.69, 9.17) is 5.73 Å². The van der Waals surface area contributed by atoms with Crippen molar-refractivity contribution in [3.05, 3.63) is 35.0 Å². The van der Waals surface area contributed by atoms with Crippen molar-refractivity contribution in [2.24, 2.45) is 5.73 Å². The average molecular weight is 200 g/mol. The quantitative estimate of drug-likeness (QED) is 0.730. The Morgan fingerprint density at radius 1 is 1.47 bits per heavy atom. The molecule has 0 radical (unpaired) electrons. The molecular formula is C13H16N2. The summed E-state index contributed by atoms with van der Waals surface area (Å²) in [5.74, 6) is 0. The third-order valence-corrected chi connectivity index (χ3v) is 3.54. The van der Waals surface area contributed by atoms with Crippen molar-refractivity contribution in [3.63, 3.8) is 0 Å². The zero-order valence-corrected chi connectivity index (χ0v) is 9.01. The van der Waals surface area contributed by atoms with Crippen molar-refractivity contribution in [1.29, 1.82) is 0 Å². The van der Waals surface area contributed by atoms with E-state index in [1.165, 1.54) is 27.6 Å². The van der Waals surface area contributed by atoms with Crippen LogP contribution in [0.3, 0.4) is 0 Å². The summed E-state index contributed by atoms with van der Waals surface area (Å²) in [6.07, 6.45) is 5.40. The topological polar surface area (TPSA) is 41.8 Å². The van der Waals surface area contributed by atoms with Crippen molar-refractivity contribution in [2.75, 3.05) is 0 Å². The van der Waals surface area contributed by atoms with Gasteiger partial charge in [0, 0.05) is 23.1 Å². The minimum Gasteiger partial charge on any atom is -0.361 e. The Kier molecular flexibility index (Phi) is 1.86. The second kappa shape index (κ2) is 3.11. The van der Waals surface area contributed by atoms with Gasteiger partial charge in [0.05, 0.1) is 0 Å². The molecule has 3 N–H and O–H groups in total. The molecule has 1 aromatic carbocycles. The van der Waals surface area contributed by atoms with Crippen LogP contribution < -0.4 is 5.73 Å². The number of hydrogen-bond donors (Lipinski definition) is 2. The Bertz CT molecular complexity index is 510. The fourth-order valence-corrected chi connectivity index (χ4v) is 2.75.